The average molecular weight is 236 g/mol. The van der Waals surface area contributed by atoms with Crippen LogP contribution in [0.4, 0.5) is 0 Å². The van der Waals surface area contributed by atoms with Crippen molar-refractivity contribution >= 4 is 5.57 Å². The van der Waals surface area contributed by atoms with E-state index in [4.69, 9.17) is 0 Å². The van der Waals surface area contributed by atoms with E-state index in [0.717, 1.165) is 6.42 Å². The molecule has 0 aliphatic heterocycles. The Bertz CT molecular complexity index is 513. The molecule has 0 N–H and O–H groups in total. The van der Waals surface area contributed by atoms with Gasteiger partial charge in [0.05, 0.1) is 0 Å². The van der Waals surface area contributed by atoms with Crippen molar-refractivity contribution in [3.63, 3.8) is 0 Å². The number of benzene rings is 1. The van der Waals surface area contributed by atoms with E-state index in [-0.39, 0.29) is 5.41 Å². The Balaban J connectivity index is 2.29. The first-order chi connectivity index (χ1) is 8.56. The van der Waals surface area contributed by atoms with Crippen LogP contribution in [0.15, 0.2) is 48.6 Å². The molecule has 0 saturated carbocycles. The van der Waals surface area contributed by atoms with Gasteiger partial charge in [0.25, 0.3) is 0 Å². The molecule has 2 rings (SSSR count). The van der Waals surface area contributed by atoms with Crippen LogP contribution >= 0.6 is 0 Å². The number of hydrogen-bond acceptors (Lipinski definition) is 0. The molecule has 0 fully saturated rings. The van der Waals surface area contributed by atoms with Gasteiger partial charge in [0, 0.05) is 11.3 Å². The maximum Gasteiger partial charge on any atom is 0.0492 e. The number of hydrogen-bond donors (Lipinski definition) is 0. The molecule has 0 radical (unpaired) electrons. The van der Waals surface area contributed by atoms with E-state index in [1.165, 1.54) is 11.1 Å². The van der Waals surface area contributed by atoms with Crippen molar-refractivity contribution in [1.29, 1.82) is 0 Å². The third-order valence-corrected chi connectivity index (χ3v) is 2.89. The average Bonchev–Trinajstić information content (AvgIpc) is 2.37. The van der Waals surface area contributed by atoms with Gasteiger partial charge in [0.2, 0.25) is 0 Å². The van der Waals surface area contributed by atoms with Crippen LogP contribution in [0.3, 0.4) is 0 Å². The summed E-state index contributed by atoms with van der Waals surface area (Å²) in [7, 11) is 0. The van der Waals surface area contributed by atoms with Gasteiger partial charge in [-0.2, -0.15) is 0 Å². The highest BCUT2D eigenvalue weighted by atomic mass is 14.2. The maximum atomic E-state index is 3.44. The Morgan fingerprint density at radius 1 is 1.11 bits per heavy atom. The monoisotopic (exact) mass is 236 g/mol. The zero-order valence-corrected chi connectivity index (χ0v) is 11.4. The lowest BCUT2D eigenvalue weighted by atomic mass is 9.86. The van der Waals surface area contributed by atoms with E-state index in [2.05, 4.69) is 81.2 Å². The standard InChI is InChI=1S/C18H20/c1-18(2,3)14-13-16-11-7-8-12-17(16)15-9-5-4-6-10-15/h4-10,12,16H,11H2,1-3H3. The molecule has 1 unspecified atom stereocenters. The molecule has 1 atom stereocenters. The Hall–Kier alpha value is -1.74. The fraction of sp³-hybridized carbons (Fsp3) is 0.333. The summed E-state index contributed by atoms with van der Waals surface area (Å²) >= 11 is 0. The highest BCUT2D eigenvalue weighted by Crippen LogP contribution is 2.29. The normalized spacial score (nSPS) is 18.8. The van der Waals surface area contributed by atoms with Crippen molar-refractivity contribution in [2.24, 2.45) is 11.3 Å². The van der Waals surface area contributed by atoms with Gasteiger partial charge in [-0.3, -0.25) is 0 Å². The SMILES string of the molecule is CC(C)(C)C#CC1CC=CC=C1c1ccccc1. The van der Waals surface area contributed by atoms with Crippen molar-refractivity contribution in [2.75, 3.05) is 0 Å². The van der Waals surface area contributed by atoms with E-state index in [1.54, 1.807) is 0 Å². The van der Waals surface area contributed by atoms with Crippen LogP contribution in [-0.2, 0) is 0 Å². The molecular weight excluding hydrogens is 216 g/mol. The first kappa shape index (κ1) is 12.7. The summed E-state index contributed by atoms with van der Waals surface area (Å²) in [5.41, 5.74) is 2.70. The van der Waals surface area contributed by atoms with E-state index >= 15 is 0 Å². The van der Waals surface area contributed by atoms with Crippen LogP contribution < -0.4 is 0 Å². The molecule has 0 heterocycles. The Morgan fingerprint density at radius 3 is 2.50 bits per heavy atom. The second kappa shape index (κ2) is 5.27. The molecule has 0 nitrogen and oxygen atoms in total. The van der Waals surface area contributed by atoms with Gasteiger partial charge in [-0.25, -0.2) is 0 Å². The Labute approximate surface area is 110 Å². The number of rotatable bonds is 1. The molecule has 0 aromatic heterocycles. The van der Waals surface area contributed by atoms with Crippen molar-refractivity contribution in [1.82, 2.24) is 0 Å². The van der Waals surface area contributed by atoms with Crippen LogP contribution in [0.2, 0.25) is 0 Å². The second-order valence-electron chi connectivity index (χ2n) is 5.72. The van der Waals surface area contributed by atoms with Crippen molar-refractivity contribution in [3.8, 4) is 11.8 Å². The first-order valence-electron chi connectivity index (χ1n) is 6.51. The first-order valence-corrected chi connectivity index (χ1v) is 6.51. The summed E-state index contributed by atoms with van der Waals surface area (Å²) in [6.45, 7) is 6.47. The van der Waals surface area contributed by atoms with E-state index in [1.807, 2.05) is 0 Å². The van der Waals surface area contributed by atoms with Gasteiger partial charge in [-0.15, -0.1) is 0 Å². The van der Waals surface area contributed by atoms with Gasteiger partial charge in [-0.05, 0) is 38.3 Å². The van der Waals surface area contributed by atoms with Gasteiger partial charge < -0.3 is 0 Å². The van der Waals surface area contributed by atoms with E-state index < -0.39 is 0 Å². The third kappa shape index (κ3) is 3.37. The molecule has 1 aromatic carbocycles. The minimum absolute atomic E-state index is 0.0724. The van der Waals surface area contributed by atoms with Crippen molar-refractivity contribution < 1.29 is 0 Å². The van der Waals surface area contributed by atoms with Gasteiger partial charge >= 0.3 is 0 Å². The third-order valence-electron chi connectivity index (χ3n) is 2.89. The minimum atomic E-state index is 0.0724. The molecule has 18 heavy (non-hydrogen) atoms. The zero-order chi connectivity index (χ0) is 13.0. The molecule has 92 valence electrons. The summed E-state index contributed by atoms with van der Waals surface area (Å²) < 4.78 is 0. The van der Waals surface area contributed by atoms with Gasteiger partial charge in [0.1, 0.15) is 0 Å². The van der Waals surface area contributed by atoms with Crippen LogP contribution in [-0.4, -0.2) is 0 Å². The summed E-state index contributed by atoms with van der Waals surface area (Å²) in [4.78, 5) is 0. The van der Waals surface area contributed by atoms with Gasteiger partial charge in [-0.1, -0.05) is 60.4 Å². The van der Waals surface area contributed by atoms with Crippen LogP contribution in [0.5, 0.6) is 0 Å². The minimum Gasteiger partial charge on any atom is -0.0967 e. The predicted octanol–water partition coefficient (Wildman–Crippen LogP) is 4.70. The van der Waals surface area contributed by atoms with Crippen molar-refractivity contribution in [3.05, 3.63) is 54.1 Å². The van der Waals surface area contributed by atoms with E-state index in [9.17, 15) is 0 Å². The van der Waals surface area contributed by atoms with Crippen molar-refractivity contribution in [2.45, 2.75) is 27.2 Å². The highest BCUT2D eigenvalue weighted by Gasteiger charge is 2.15. The molecule has 1 aliphatic rings. The molecule has 0 saturated heterocycles. The lowest BCUT2D eigenvalue weighted by molar-refractivity contribution is 0.569. The summed E-state index contributed by atoms with van der Waals surface area (Å²) in [6, 6.07) is 10.6. The Kier molecular flexibility index (Phi) is 3.72. The molecule has 1 aromatic rings. The smallest absolute Gasteiger partial charge is 0.0492 e. The predicted molar refractivity (Wildman–Crippen MR) is 78.9 cm³/mol. The van der Waals surface area contributed by atoms with Crippen LogP contribution in [0, 0.1) is 23.2 Å². The summed E-state index contributed by atoms with van der Waals surface area (Å²) in [6.07, 6.45) is 7.55. The fourth-order valence-corrected chi connectivity index (χ4v) is 2.00. The molecular formula is C18H20. The maximum absolute atomic E-state index is 3.44. The largest absolute Gasteiger partial charge is 0.0967 e. The lowest BCUT2D eigenvalue weighted by Crippen LogP contribution is -2.06. The van der Waals surface area contributed by atoms with E-state index in [0.29, 0.717) is 5.92 Å². The summed E-state index contributed by atoms with van der Waals surface area (Å²) in [5.74, 6) is 7.14. The van der Waals surface area contributed by atoms with Crippen LogP contribution in [0.1, 0.15) is 32.8 Å². The molecule has 0 bridgehead atoms. The topological polar surface area (TPSA) is 0 Å². The quantitative estimate of drug-likeness (QED) is 0.620. The molecule has 0 amide bonds. The summed E-state index contributed by atoms with van der Waals surface area (Å²) in [5, 5.41) is 0. The Morgan fingerprint density at radius 2 is 1.83 bits per heavy atom. The second-order valence-corrected chi connectivity index (χ2v) is 5.72. The molecule has 1 aliphatic carbocycles. The van der Waals surface area contributed by atoms with Crippen LogP contribution in [0.25, 0.3) is 5.57 Å². The van der Waals surface area contributed by atoms with Gasteiger partial charge in [0.15, 0.2) is 0 Å². The fourth-order valence-electron chi connectivity index (χ4n) is 2.00. The number of allylic oxidation sites excluding steroid dienone is 4. The molecule has 0 heteroatoms. The zero-order valence-electron chi connectivity index (χ0n) is 11.4. The highest BCUT2D eigenvalue weighted by molar-refractivity contribution is 5.72. The molecule has 0 spiro atoms. The lowest BCUT2D eigenvalue weighted by Gasteiger charge is -2.18.